The molecule has 2 N–H and O–H groups in total. The van der Waals surface area contributed by atoms with Crippen LogP contribution in [0.1, 0.15) is 42.3 Å². The van der Waals surface area contributed by atoms with Gasteiger partial charge in [0, 0.05) is 16.7 Å². The van der Waals surface area contributed by atoms with Crippen molar-refractivity contribution in [3.63, 3.8) is 0 Å². The van der Waals surface area contributed by atoms with Crippen LogP contribution in [0.5, 0.6) is 11.5 Å². The molecule has 1 aromatic heterocycles. The fourth-order valence-electron chi connectivity index (χ4n) is 2.96. The lowest BCUT2D eigenvalue weighted by molar-refractivity contribution is 0.0955. The predicted octanol–water partition coefficient (Wildman–Crippen LogP) is 4.16. The van der Waals surface area contributed by atoms with E-state index in [0.717, 1.165) is 16.8 Å². The van der Waals surface area contributed by atoms with Crippen LogP contribution in [0.3, 0.4) is 0 Å². The Morgan fingerprint density at radius 2 is 1.77 bits per heavy atom. The lowest BCUT2D eigenvalue weighted by atomic mass is 9.87. The number of aromatic nitrogens is 2. The minimum absolute atomic E-state index is 0.0367. The Bertz CT molecular complexity index is 1050. The van der Waals surface area contributed by atoms with Gasteiger partial charge in [-0.1, -0.05) is 32.9 Å². The number of ether oxygens (including phenoxy) is 2. The highest BCUT2D eigenvalue weighted by atomic mass is 16.5. The maximum absolute atomic E-state index is 12.4. The van der Waals surface area contributed by atoms with Crippen LogP contribution in [-0.4, -0.2) is 36.5 Å². The van der Waals surface area contributed by atoms with Gasteiger partial charge in [0.15, 0.2) is 11.5 Å². The molecule has 0 saturated heterocycles. The number of hydrazone groups is 1. The number of hydrogen-bond acceptors (Lipinski definition) is 5. The van der Waals surface area contributed by atoms with Crippen molar-refractivity contribution in [3.05, 3.63) is 65.4 Å². The fourth-order valence-corrected chi connectivity index (χ4v) is 2.96. The minimum Gasteiger partial charge on any atom is -0.493 e. The summed E-state index contributed by atoms with van der Waals surface area (Å²) in [4.78, 5) is 12.4. The fraction of sp³-hybridized carbons (Fsp3) is 0.261. The number of hydrogen-bond donors (Lipinski definition) is 2. The van der Waals surface area contributed by atoms with E-state index in [-0.39, 0.29) is 11.3 Å². The van der Waals surface area contributed by atoms with Crippen LogP contribution in [0.25, 0.3) is 11.3 Å². The van der Waals surface area contributed by atoms with E-state index < -0.39 is 0 Å². The third kappa shape index (κ3) is 4.68. The van der Waals surface area contributed by atoms with Crippen molar-refractivity contribution in [1.82, 2.24) is 15.6 Å². The average Bonchev–Trinajstić information content (AvgIpc) is 3.21. The molecule has 0 aliphatic rings. The summed E-state index contributed by atoms with van der Waals surface area (Å²) in [5, 5.41) is 11.1. The highest BCUT2D eigenvalue weighted by Crippen LogP contribution is 2.32. The van der Waals surface area contributed by atoms with Gasteiger partial charge < -0.3 is 9.47 Å². The maximum atomic E-state index is 12.4. The van der Waals surface area contributed by atoms with E-state index in [4.69, 9.17) is 9.47 Å². The Morgan fingerprint density at radius 1 is 1.07 bits per heavy atom. The SMILES string of the molecule is COc1ccc(-c2[nH]ncc2/C=N/NC(=O)c2ccc(C(C)(C)C)cc2)cc1OC. The molecule has 3 aromatic rings. The number of rotatable bonds is 6. The van der Waals surface area contributed by atoms with Gasteiger partial charge in [-0.05, 0) is 41.3 Å². The first-order chi connectivity index (χ1) is 14.3. The van der Waals surface area contributed by atoms with Crippen LogP contribution in [0, 0.1) is 0 Å². The molecule has 0 fully saturated rings. The molecule has 7 nitrogen and oxygen atoms in total. The van der Waals surface area contributed by atoms with Crippen LogP contribution in [0.15, 0.2) is 53.8 Å². The summed E-state index contributed by atoms with van der Waals surface area (Å²) in [6.45, 7) is 6.40. The zero-order chi connectivity index (χ0) is 21.7. The summed E-state index contributed by atoms with van der Waals surface area (Å²) < 4.78 is 10.6. The molecular formula is C23H26N4O3. The standard InChI is InChI=1S/C23H26N4O3/c1-23(2,3)18-9-6-15(7-10-18)22(28)27-25-14-17-13-24-26-21(17)16-8-11-19(29-4)20(12-16)30-5/h6-14H,1-5H3,(H,24,26)(H,27,28)/b25-14+. The summed E-state index contributed by atoms with van der Waals surface area (Å²) >= 11 is 0. The van der Waals surface area contributed by atoms with E-state index in [2.05, 4.69) is 41.5 Å². The Morgan fingerprint density at radius 3 is 2.40 bits per heavy atom. The molecule has 1 amide bonds. The number of aromatic amines is 1. The molecule has 0 unspecified atom stereocenters. The van der Waals surface area contributed by atoms with E-state index in [1.54, 1.807) is 38.8 Å². The van der Waals surface area contributed by atoms with Gasteiger partial charge >= 0.3 is 0 Å². The number of amides is 1. The van der Waals surface area contributed by atoms with Crippen molar-refractivity contribution in [2.24, 2.45) is 5.10 Å². The molecule has 7 heteroatoms. The van der Waals surface area contributed by atoms with E-state index in [1.165, 1.54) is 5.56 Å². The number of nitrogens with one attached hydrogen (secondary N) is 2. The summed E-state index contributed by atoms with van der Waals surface area (Å²) in [5.74, 6) is 0.975. The molecule has 1 heterocycles. The zero-order valence-electron chi connectivity index (χ0n) is 17.8. The average molecular weight is 406 g/mol. The number of H-pyrrole nitrogens is 1. The Hall–Kier alpha value is -3.61. The summed E-state index contributed by atoms with van der Waals surface area (Å²) in [6.07, 6.45) is 3.19. The van der Waals surface area contributed by atoms with Gasteiger partial charge in [-0.25, -0.2) is 5.43 Å². The summed E-state index contributed by atoms with van der Waals surface area (Å²) in [7, 11) is 3.17. The normalized spacial score (nSPS) is 11.5. The van der Waals surface area contributed by atoms with Gasteiger partial charge in [0.2, 0.25) is 0 Å². The zero-order valence-corrected chi connectivity index (χ0v) is 17.8. The van der Waals surface area contributed by atoms with Gasteiger partial charge in [0.25, 0.3) is 5.91 Å². The molecule has 3 rings (SSSR count). The van der Waals surface area contributed by atoms with Crippen molar-refractivity contribution in [3.8, 4) is 22.8 Å². The molecule has 0 spiro atoms. The molecule has 0 saturated carbocycles. The molecule has 0 atom stereocenters. The first kappa shape index (κ1) is 21.1. The van der Waals surface area contributed by atoms with Gasteiger partial charge in [-0.2, -0.15) is 10.2 Å². The van der Waals surface area contributed by atoms with Crippen molar-refractivity contribution in [2.75, 3.05) is 14.2 Å². The van der Waals surface area contributed by atoms with Crippen molar-refractivity contribution < 1.29 is 14.3 Å². The number of nitrogens with zero attached hydrogens (tertiary/aromatic N) is 2. The number of benzene rings is 2. The smallest absolute Gasteiger partial charge is 0.271 e. The molecule has 0 radical (unpaired) electrons. The third-order valence-electron chi connectivity index (χ3n) is 4.72. The van der Waals surface area contributed by atoms with Crippen molar-refractivity contribution >= 4 is 12.1 Å². The number of carbonyl (C=O) groups is 1. The van der Waals surface area contributed by atoms with Crippen molar-refractivity contribution in [1.29, 1.82) is 0 Å². The summed E-state index contributed by atoms with van der Waals surface area (Å²) in [6, 6.07) is 13.1. The number of methoxy groups -OCH3 is 2. The van der Waals surface area contributed by atoms with Crippen molar-refractivity contribution in [2.45, 2.75) is 26.2 Å². The summed E-state index contributed by atoms with van der Waals surface area (Å²) in [5.41, 5.74) is 6.65. The second-order valence-electron chi connectivity index (χ2n) is 7.80. The molecule has 0 aliphatic heterocycles. The lowest BCUT2D eigenvalue weighted by Gasteiger charge is -2.18. The predicted molar refractivity (Wildman–Crippen MR) is 117 cm³/mol. The van der Waals surface area contributed by atoms with Crippen LogP contribution in [-0.2, 0) is 5.41 Å². The topological polar surface area (TPSA) is 88.6 Å². The third-order valence-corrected chi connectivity index (χ3v) is 4.72. The maximum Gasteiger partial charge on any atom is 0.271 e. The van der Waals surface area contributed by atoms with Crippen LogP contribution >= 0.6 is 0 Å². The van der Waals surface area contributed by atoms with Crippen LogP contribution < -0.4 is 14.9 Å². The minimum atomic E-state index is -0.275. The second kappa shape index (κ2) is 8.82. The van der Waals surface area contributed by atoms with Gasteiger partial charge in [-0.15, -0.1) is 0 Å². The highest BCUT2D eigenvalue weighted by molar-refractivity contribution is 5.95. The second-order valence-corrected chi connectivity index (χ2v) is 7.80. The first-order valence-electron chi connectivity index (χ1n) is 9.53. The molecular weight excluding hydrogens is 380 g/mol. The van der Waals surface area contributed by atoms with Gasteiger partial charge in [-0.3, -0.25) is 9.89 Å². The van der Waals surface area contributed by atoms with E-state index >= 15 is 0 Å². The van der Waals surface area contributed by atoms with E-state index in [0.29, 0.717) is 17.1 Å². The van der Waals surface area contributed by atoms with Crippen LogP contribution in [0.4, 0.5) is 0 Å². The Balaban J connectivity index is 1.72. The largest absolute Gasteiger partial charge is 0.493 e. The number of carbonyl (C=O) groups excluding carboxylic acids is 1. The Labute approximate surface area is 176 Å². The Kier molecular flexibility index (Phi) is 6.20. The van der Waals surface area contributed by atoms with Gasteiger partial charge in [0.05, 0.1) is 32.3 Å². The van der Waals surface area contributed by atoms with Gasteiger partial charge in [0.1, 0.15) is 0 Å². The lowest BCUT2D eigenvalue weighted by Crippen LogP contribution is -2.18. The highest BCUT2D eigenvalue weighted by Gasteiger charge is 2.14. The molecule has 0 aliphatic carbocycles. The monoisotopic (exact) mass is 406 g/mol. The molecule has 2 aromatic carbocycles. The quantitative estimate of drug-likeness (QED) is 0.475. The molecule has 156 valence electrons. The molecule has 0 bridgehead atoms. The van der Waals surface area contributed by atoms with Crippen LogP contribution in [0.2, 0.25) is 0 Å². The first-order valence-corrected chi connectivity index (χ1v) is 9.53. The molecule has 30 heavy (non-hydrogen) atoms. The van der Waals surface area contributed by atoms with E-state index in [9.17, 15) is 4.79 Å². The van der Waals surface area contributed by atoms with E-state index in [1.807, 2.05) is 30.3 Å².